The molecule has 1 amide bonds. The Morgan fingerprint density at radius 2 is 2.25 bits per heavy atom. The molecule has 2 aromatic rings. The van der Waals surface area contributed by atoms with Crippen LogP contribution in [0.4, 0.5) is 4.39 Å². The third kappa shape index (κ3) is 3.40. The Balaban J connectivity index is 1.95. The number of amides is 1. The molecule has 0 aliphatic heterocycles. The van der Waals surface area contributed by atoms with E-state index in [0.29, 0.717) is 17.0 Å². The Morgan fingerprint density at radius 3 is 2.95 bits per heavy atom. The topological polar surface area (TPSA) is 70.7 Å². The average molecular weight is 276 g/mol. The number of aromatic nitrogens is 3. The van der Waals surface area contributed by atoms with Gasteiger partial charge in [-0.25, -0.2) is 9.37 Å². The van der Waals surface area contributed by atoms with E-state index in [2.05, 4.69) is 20.5 Å². The molecule has 0 fully saturated rings. The predicted molar refractivity (Wildman–Crippen MR) is 72.7 cm³/mol. The van der Waals surface area contributed by atoms with Crippen molar-refractivity contribution in [3.8, 4) is 0 Å². The van der Waals surface area contributed by atoms with Gasteiger partial charge < -0.3 is 5.32 Å². The molecule has 5 nitrogen and oxygen atoms in total. The lowest BCUT2D eigenvalue weighted by Gasteiger charge is -2.04. The molecule has 0 bridgehead atoms. The van der Waals surface area contributed by atoms with Crippen LogP contribution in [0, 0.1) is 12.7 Å². The number of hydrogen-bond donors (Lipinski definition) is 2. The molecular weight excluding hydrogens is 259 g/mol. The molecule has 0 saturated carbocycles. The molecule has 2 N–H and O–H groups in total. The lowest BCUT2D eigenvalue weighted by atomic mass is 10.1. The number of nitrogens with zero attached hydrogens (tertiary/aromatic N) is 2. The highest BCUT2D eigenvalue weighted by atomic mass is 19.1. The van der Waals surface area contributed by atoms with Crippen LogP contribution in [0.15, 0.2) is 18.2 Å². The van der Waals surface area contributed by atoms with Crippen molar-refractivity contribution < 1.29 is 9.18 Å². The molecule has 0 aliphatic rings. The Morgan fingerprint density at radius 1 is 1.45 bits per heavy atom. The highest BCUT2D eigenvalue weighted by molar-refractivity contribution is 5.90. The minimum atomic E-state index is -0.371. The molecule has 0 saturated heterocycles. The van der Waals surface area contributed by atoms with E-state index in [1.165, 1.54) is 6.07 Å². The molecule has 0 spiro atoms. The molecule has 1 aromatic carbocycles. The number of carbonyl (C=O) groups is 1. The molecule has 106 valence electrons. The third-order valence-corrected chi connectivity index (χ3v) is 2.91. The van der Waals surface area contributed by atoms with Crippen LogP contribution in [0.3, 0.4) is 0 Å². The summed E-state index contributed by atoms with van der Waals surface area (Å²) in [4.78, 5) is 15.9. The van der Waals surface area contributed by atoms with Crippen LogP contribution >= 0.6 is 0 Å². The Hall–Kier alpha value is -2.24. The maximum absolute atomic E-state index is 13.4. The van der Waals surface area contributed by atoms with Crippen LogP contribution < -0.4 is 5.32 Å². The van der Waals surface area contributed by atoms with E-state index in [-0.39, 0.29) is 24.1 Å². The Kier molecular flexibility index (Phi) is 4.45. The summed E-state index contributed by atoms with van der Waals surface area (Å²) >= 11 is 0. The van der Waals surface area contributed by atoms with Gasteiger partial charge in [0.2, 0.25) is 5.82 Å². The van der Waals surface area contributed by atoms with Crippen molar-refractivity contribution in [2.45, 2.75) is 33.2 Å². The van der Waals surface area contributed by atoms with Gasteiger partial charge in [0.15, 0.2) is 0 Å². The summed E-state index contributed by atoms with van der Waals surface area (Å²) in [6, 6.07) is 4.87. The van der Waals surface area contributed by atoms with Gasteiger partial charge in [-0.2, -0.15) is 0 Å². The maximum atomic E-state index is 13.4. The molecule has 0 unspecified atom stereocenters. The van der Waals surface area contributed by atoms with Crippen molar-refractivity contribution in [1.82, 2.24) is 20.5 Å². The van der Waals surface area contributed by atoms with Gasteiger partial charge in [-0.05, 0) is 30.5 Å². The quantitative estimate of drug-likeness (QED) is 0.879. The number of nitrogens with one attached hydrogen (secondary N) is 2. The van der Waals surface area contributed by atoms with Gasteiger partial charge in [0.05, 0.1) is 0 Å². The van der Waals surface area contributed by atoms with Crippen LogP contribution in [0.25, 0.3) is 0 Å². The lowest BCUT2D eigenvalue weighted by molar-refractivity contribution is 0.0941. The van der Waals surface area contributed by atoms with Crippen molar-refractivity contribution >= 4 is 5.91 Å². The zero-order chi connectivity index (χ0) is 14.5. The van der Waals surface area contributed by atoms with Crippen LogP contribution in [0.1, 0.15) is 40.9 Å². The van der Waals surface area contributed by atoms with Crippen LogP contribution in [0.5, 0.6) is 0 Å². The zero-order valence-electron chi connectivity index (χ0n) is 11.5. The largest absolute Gasteiger partial charge is 0.345 e. The molecule has 20 heavy (non-hydrogen) atoms. The minimum absolute atomic E-state index is 0.112. The number of halogens is 1. The fourth-order valence-electron chi connectivity index (χ4n) is 1.75. The Bertz CT molecular complexity index is 609. The summed E-state index contributed by atoms with van der Waals surface area (Å²) in [5.74, 6) is 0.157. The van der Waals surface area contributed by atoms with E-state index in [0.717, 1.165) is 12.8 Å². The van der Waals surface area contributed by atoms with Gasteiger partial charge in [-0.1, -0.05) is 19.1 Å². The van der Waals surface area contributed by atoms with E-state index in [4.69, 9.17) is 0 Å². The molecule has 0 aliphatic carbocycles. The van der Waals surface area contributed by atoms with Gasteiger partial charge >= 0.3 is 0 Å². The smallest absolute Gasteiger partial charge is 0.291 e. The molecule has 1 aromatic heterocycles. The van der Waals surface area contributed by atoms with Crippen LogP contribution in [0.2, 0.25) is 0 Å². The second-order valence-corrected chi connectivity index (χ2v) is 4.62. The summed E-state index contributed by atoms with van der Waals surface area (Å²) in [7, 11) is 0. The number of hydrogen-bond acceptors (Lipinski definition) is 3. The van der Waals surface area contributed by atoms with Crippen molar-refractivity contribution in [1.29, 1.82) is 0 Å². The summed E-state index contributed by atoms with van der Waals surface area (Å²) in [5, 5.41) is 9.24. The minimum Gasteiger partial charge on any atom is -0.345 e. The standard InChI is InChI=1S/C14H17FN4O/c1-3-4-12-17-13(19-18-12)14(20)16-8-10-6-5-9(2)11(15)7-10/h5-7H,3-4,8H2,1-2H3,(H,16,20)(H,17,18,19). The SMILES string of the molecule is CCCc1nc(C(=O)NCc2ccc(C)c(F)c2)n[nH]1. The summed E-state index contributed by atoms with van der Waals surface area (Å²) < 4.78 is 13.4. The van der Waals surface area contributed by atoms with Crippen LogP contribution in [-0.4, -0.2) is 21.1 Å². The Labute approximate surface area is 116 Å². The monoisotopic (exact) mass is 276 g/mol. The molecule has 0 atom stereocenters. The number of carbonyl (C=O) groups excluding carboxylic acids is 1. The van der Waals surface area contributed by atoms with E-state index < -0.39 is 0 Å². The van der Waals surface area contributed by atoms with Crippen molar-refractivity contribution in [3.05, 3.63) is 46.8 Å². The van der Waals surface area contributed by atoms with E-state index in [1.54, 1.807) is 19.1 Å². The number of benzene rings is 1. The normalized spacial score (nSPS) is 10.6. The number of aryl methyl sites for hydroxylation is 2. The first-order valence-electron chi connectivity index (χ1n) is 6.54. The summed E-state index contributed by atoms with van der Waals surface area (Å²) in [6.45, 7) is 3.96. The van der Waals surface area contributed by atoms with Gasteiger partial charge in [0, 0.05) is 13.0 Å². The summed E-state index contributed by atoms with van der Waals surface area (Å²) in [6.07, 6.45) is 1.68. The third-order valence-electron chi connectivity index (χ3n) is 2.91. The highest BCUT2D eigenvalue weighted by Crippen LogP contribution is 2.09. The van der Waals surface area contributed by atoms with Gasteiger partial charge in [0.25, 0.3) is 5.91 Å². The van der Waals surface area contributed by atoms with Gasteiger partial charge in [-0.15, -0.1) is 5.10 Å². The molecule has 2 rings (SSSR count). The second-order valence-electron chi connectivity index (χ2n) is 4.62. The van der Waals surface area contributed by atoms with E-state index in [9.17, 15) is 9.18 Å². The lowest BCUT2D eigenvalue weighted by Crippen LogP contribution is -2.24. The van der Waals surface area contributed by atoms with Gasteiger partial charge in [-0.3, -0.25) is 9.89 Å². The van der Waals surface area contributed by atoms with Crippen molar-refractivity contribution in [2.75, 3.05) is 0 Å². The summed E-state index contributed by atoms with van der Waals surface area (Å²) in [5.41, 5.74) is 1.28. The van der Waals surface area contributed by atoms with E-state index in [1.807, 2.05) is 6.92 Å². The highest BCUT2D eigenvalue weighted by Gasteiger charge is 2.11. The molecule has 6 heteroatoms. The zero-order valence-corrected chi connectivity index (χ0v) is 11.5. The first-order chi connectivity index (χ1) is 9.60. The van der Waals surface area contributed by atoms with Gasteiger partial charge in [0.1, 0.15) is 11.6 Å². The van der Waals surface area contributed by atoms with Crippen molar-refractivity contribution in [3.63, 3.8) is 0 Å². The fourth-order valence-corrected chi connectivity index (χ4v) is 1.75. The fraction of sp³-hybridized carbons (Fsp3) is 0.357. The number of aromatic amines is 1. The maximum Gasteiger partial charge on any atom is 0.291 e. The molecular formula is C14H17FN4O. The molecule has 0 radical (unpaired) electrons. The average Bonchev–Trinajstić information content (AvgIpc) is 2.89. The molecule has 1 heterocycles. The predicted octanol–water partition coefficient (Wildman–Crippen LogP) is 2.13. The second kappa shape index (κ2) is 6.27. The number of H-pyrrole nitrogens is 1. The van der Waals surface area contributed by atoms with E-state index >= 15 is 0 Å². The number of rotatable bonds is 5. The first kappa shape index (κ1) is 14.2. The van der Waals surface area contributed by atoms with Crippen molar-refractivity contribution in [2.24, 2.45) is 0 Å². The first-order valence-corrected chi connectivity index (χ1v) is 6.54. The van der Waals surface area contributed by atoms with Crippen LogP contribution in [-0.2, 0) is 13.0 Å².